The lowest BCUT2D eigenvalue weighted by atomic mass is 9.95. The van der Waals surface area contributed by atoms with Gasteiger partial charge in [0.2, 0.25) is 0 Å². The van der Waals surface area contributed by atoms with Gasteiger partial charge in [0.15, 0.2) is 11.6 Å². The average molecular weight is 480 g/mol. The van der Waals surface area contributed by atoms with Crippen molar-refractivity contribution >= 4 is 33.2 Å². The van der Waals surface area contributed by atoms with Crippen LogP contribution in [0.3, 0.4) is 0 Å². The smallest absolute Gasteiger partial charge is 0.335 e. The van der Waals surface area contributed by atoms with Crippen molar-refractivity contribution in [3.63, 3.8) is 0 Å². The average Bonchev–Trinajstić information content (AvgIpc) is 3.28. The van der Waals surface area contributed by atoms with E-state index in [0.717, 1.165) is 22.1 Å². The highest BCUT2D eigenvalue weighted by atomic mass is 32.1. The molecule has 2 N–H and O–H groups in total. The third-order valence-electron chi connectivity index (χ3n) is 5.55. The number of carboxylic acid groups (broad SMARTS) is 1. The number of aromatic carboxylic acids is 1. The van der Waals surface area contributed by atoms with Crippen LogP contribution in [0, 0.1) is 11.7 Å². The van der Waals surface area contributed by atoms with Gasteiger partial charge in [-0.15, -0.1) is 11.3 Å². The minimum Gasteiger partial charge on any atom is -0.493 e. The van der Waals surface area contributed by atoms with Crippen LogP contribution < -0.4 is 10.1 Å². The number of nitrogens with one attached hydrogen (secondary N) is 1. The van der Waals surface area contributed by atoms with Crippen molar-refractivity contribution in [3.05, 3.63) is 70.6 Å². The van der Waals surface area contributed by atoms with E-state index in [1.165, 1.54) is 24.8 Å². The summed E-state index contributed by atoms with van der Waals surface area (Å²) in [6.45, 7) is 4.64. The maximum Gasteiger partial charge on any atom is 0.335 e. The molecular weight excluding hydrogens is 453 g/mol. The molecule has 34 heavy (non-hydrogen) atoms. The van der Waals surface area contributed by atoms with Crippen LogP contribution in [-0.2, 0) is 12.8 Å². The predicted molar refractivity (Wildman–Crippen MR) is 133 cm³/mol. The molecule has 0 atom stereocenters. The summed E-state index contributed by atoms with van der Waals surface area (Å²) in [7, 11) is 1.48. The van der Waals surface area contributed by atoms with E-state index < -0.39 is 5.97 Å². The van der Waals surface area contributed by atoms with Gasteiger partial charge < -0.3 is 15.2 Å². The summed E-state index contributed by atoms with van der Waals surface area (Å²) in [5.74, 6) is -0.0210. The van der Waals surface area contributed by atoms with Crippen LogP contribution in [0.5, 0.6) is 5.75 Å². The minimum absolute atomic E-state index is 0.274. The molecule has 0 radical (unpaired) electrons. The SMILES string of the molecule is COc1c(CCNc2cc(-c3ccc(C(=O)O)c(CC(C)C)c3)ncn2)cc2ccsc2c1F. The van der Waals surface area contributed by atoms with Crippen molar-refractivity contribution < 1.29 is 19.0 Å². The van der Waals surface area contributed by atoms with E-state index in [4.69, 9.17) is 4.74 Å². The molecule has 6 nitrogen and oxygen atoms in total. The monoisotopic (exact) mass is 479 g/mol. The van der Waals surface area contributed by atoms with E-state index in [0.29, 0.717) is 47.1 Å². The van der Waals surface area contributed by atoms with Gasteiger partial charge in [-0.3, -0.25) is 0 Å². The Kier molecular flexibility index (Phi) is 7.07. The highest BCUT2D eigenvalue weighted by Crippen LogP contribution is 2.34. The molecule has 2 aromatic heterocycles. The molecule has 8 heteroatoms. The van der Waals surface area contributed by atoms with Gasteiger partial charge in [0, 0.05) is 18.2 Å². The summed E-state index contributed by atoms with van der Waals surface area (Å²) in [6.07, 6.45) is 2.69. The molecule has 0 saturated carbocycles. The summed E-state index contributed by atoms with van der Waals surface area (Å²) in [4.78, 5) is 20.3. The Balaban J connectivity index is 1.52. The van der Waals surface area contributed by atoms with Gasteiger partial charge in [0.1, 0.15) is 12.1 Å². The summed E-state index contributed by atoms with van der Waals surface area (Å²) < 4.78 is 20.7. The first-order chi connectivity index (χ1) is 16.4. The van der Waals surface area contributed by atoms with Gasteiger partial charge in [-0.05, 0) is 64.9 Å². The van der Waals surface area contributed by atoms with Gasteiger partial charge in [-0.25, -0.2) is 19.2 Å². The molecule has 0 aliphatic heterocycles. The number of carbonyl (C=O) groups is 1. The maximum absolute atomic E-state index is 14.8. The third kappa shape index (κ3) is 5.02. The molecule has 4 aromatic rings. The zero-order valence-corrected chi connectivity index (χ0v) is 20.1. The Hall–Kier alpha value is -3.52. The number of thiophene rings is 1. The summed E-state index contributed by atoms with van der Waals surface area (Å²) >= 11 is 1.36. The minimum atomic E-state index is -0.931. The Morgan fingerprint density at radius 2 is 2.00 bits per heavy atom. The molecule has 0 unspecified atom stereocenters. The fourth-order valence-electron chi connectivity index (χ4n) is 4.02. The standard InChI is InChI=1S/C26H26FN3O3S/c1-15(2)10-19-11-16(4-5-20(19)26(31)32)21-13-22(30-14-29-21)28-8-6-17-12-18-7-9-34-25(18)23(27)24(17)33-3/h4-5,7,9,11-15H,6,8,10H2,1-3H3,(H,31,32)(H,28,29,30). The number of rotatable bonds is 9. The van der Waals surface area contributed by atoms with E-state index in [9.17, 15) is 14.3 Å². The first-order valence-corrected chi connectivity index (χ1v) is 11.9. The number of hydrogen-bond acceptors (Lipinski definition) is 6. The lowest BCUT2D eigenvalue weighted by Crippen LogP contribution is -2.08. The molecular formula is C26H26FN3O3S. The van der Waals surface area contributed by atoms with E-state index in [1.807, 2.05) is 29.6 Å². The highest BCUT2D eigenvalue weighted by molar-refractivity contribution is 7.17. The summed E-state index contributed by atoms with van der Waals surface area (Å²) in [6, 6.07) is 11.0. The zero-order chi connectivity index (χ0) is 24.2. The number of fused-ring (bicyclic) bond motifs is 1. The number of methoxy groups -OCH3 is 1. The van der Waals surface area contributed by atoms with Crippen LogP contribution in [0.1, 0.15) is 35.3 Å². The van der Waals surface area contributed by atoms with Gasteiger partial charge in [-0.1, -0.05) is 19.9 Å². The van der Waals surface area contributed by atoms with Crippen LogP contribution >= 0.6 is 11.3 Å². The van der Waals surface area contributed by atoms with Crippen LogP contribution in [0.2, 0.25) is 0 Å². The topological polar surface area (TPSA) is 84.3 Å². The largest absolute Gasteiger partial charge is 0.493 e. The Morgan fingerprint density at radius 1 is 1.18 bits per heavy atom. The lowest BCUT2D eigenvalue weighted by molar-refractivity contribution is 0.0695. The molecule has 4 rings (SSSR count). The number of carboxylic acids is 1. The molecule has 2 aromatic carbocycles. The van der Waals surface area contributed by atoms with E-state index >= 15 is 0 Å². The molecule has 0 saturated heterocycles. The lowest BCUT2D eigenvalue weighted by Gasteiger charge is -2.13. The van der Waals surface area contributed by atoms with Gasteiger partial charge in [0.05, 0.1) is 23.1 Å². The molecule has 176 valence electrons. The van der Waals surface area contributed by atoms with Crippen LogP contribution in [0.25, 0.3) is 21.3 Å². The van der Waals surface area contributed by atoms with E-state index in [2.05, 4.69) is 29.1 Å². The molecule has 0 amide bonds. The molecule has 2 heterocycles. The number of ether oxygens (including phenoxy) is 1. The predicted octanol–water partition coefficient (Wildman–Crippen LogP) is 6.06. The van der Waals surface area contributed by atoms with Crippen molar-refractivity contribution in [2.24, 2.45) is 5.92 Å². The van der Waals surface area contributed by atoms with Crippen molar-refractivity contribution in [3.8, 4) is 17.0 Å². The highest BCUT2D eigenvalue weighted by Gasteiger charge is 2.16. The number of anilines is 1. The fraction of sp³-hybridized carbons (Fsp3) is 0.269. The maximum atomic E-state index is 14.8. The number of benzene rings is 2. The molecule has 0 aliphatic carbocycles. The second-order valence-corrected chi connectivity index (χ2v) is 9.38. The van der Waals surface area contributed by atoms with Gasteiger partial charge in [-0.2, -0.15) is 0 Å². The van der Waals surface area contributed by atoms with Crippen LogP contribution in [-0.4, -0.2) is 34.7 Å². The second-order valence-electron chi connectivity index (χ2n) is 8.46. The van der Waals surface area contributed by atoms with Crippen molar-refractivity contribution in [2.75, 3.05) is 19.0 Å². The molecule has 0 aliphatic rings. The quantitative estimate of drug-likeness (QED) is 0.304. The fourth-order valence-corrected chi connectivity index (χ4v) is 4.83. The van der Waals surface area contributed by atoms with Gasteiger partial charge in [0.25, 0.3) is 0 Å². The molecule has 0 fully saturated rings. The Bertz CT molecular complexity index is 1340. The van der Waals surface area contributed by atoms with E-state index in [1.54, 1.807) is 12.1 Å². The number of halogens is 1. The van der Waals surface area contributed by atoms with Crippen LogP contribution in [0.4, 0.5) is 10.2 Å². The Morgan fingerprint density at radius 3 is 2.74 bits per heavy atom. The normalized spacial score (nSPS) is 11.2. The first kappa shape index (κ1) is 23.6. The van der Waals surface area contributed by atoms with E-state index in [-0.39, 0.29) is 11.6 Å². The summed E-state index contributed by atoms with van der Waals surface area (Å²) in [5, 5.41) is 15.5. The summed E-state index contributed by atoms with van der Waals surface area (Å²) in [5.41, 5.74) is 3.41. The first-order valence-electron chi connectivity index (χ1n) is 11.0. The second kappa shape index (κ2) is 10.2. The molecule has 0 spiro atoms. The van der Waals surface area contributed by atoms with Gasteiger partial charge >= 0.3 is 5.97 Å². The number of aromatic nitrogens is 2. The van der Waals surface area contributed by atoms with Crippen molar-refractivity contribution in [1.29, 1.82) is 0 Å². The van der Waals surface area contributed by atoms with Crippen LogP contribution in [0.15, 0.2) is 48.1 Å². The number of nitrogens with zero attached hydrogens (tertiary/aromatic N) is 2. The van der Waals surface area contributed by atoms with Crippen molar-refractivity contribution in [1.82, 2.24) is 9.97 Å². The zero-order valence-electron chi connectivity index (χ0n) is 19.3. The molecule has 0 bridgehead atoms. The van der Waals surface area contributed by atoms with Crippen molar-refractivity contribution in [2.45, 2.75) is 26.7 Å². The number of hydrogen-bond donors (Lipinski definition) is 2. The Labute approximate surface area is 201 Å². The third-order valence-corrected chi connectivity index (χ3v) is 6.47.